The first kappa shape index (κ1) is 13.1. The summed E-state index contributed by atoms with van der Waals surface area (Å²) < 4.78 is 0. The van der Waals surface area contributed by atoms with E-state index in [1.54, 1.807) is 12.4 Å². The monoisotopic (exact) mass is 263 g/mol. The molecule has 96 valence electrons. The number of nitrogens with zero attached hydrogens (tertiary/aromatic N) is 1. The summed E-state index contributed by atoms with van der Waals surface area (Å²) in [6.45, 7) is 0. The van der Waals surface area contributed by atoms with Crippen LogP contribution in [0, 0.1) is 0 Å². The molecule has 2 aromatic rings. The summed E-state index contributed by atoms with van der Waals surface area (Å²) in [7, 11) is 0. The highest BCUT2D eigenvalue weighted by Crippen LogP contribution is 2.15. The number of aliphatic hydroxyl groups is 1. The molecule has 0 aliphatic rings. The summed E-state index contributed by atoms with van der Waals surface area (Å²) in [5.74, 6) is 0.543. The van der Waals surface area contributed by atoms with Crippen molar-refractivity contribution in [2.45, 2.75) is 23.7 Å². The fourth-order valence-corrected chi connectivity index (χ4v) is 2.50. The SMILES string of the molecule is NC(Cc1ccccc1)C(O)CSc1ncc[nH]1. The number of hydrogen-bond acceptors (Lipinski definition) is 4. The molecule has 0 aliphatic heterocycles. The van der Waals surface area contributed by atoms with Gasteiger partial charge in [0.15, 0.2) is 5.16 Å². The molecular formula is C13H17N3OS. The zero-order valence-corrected chi connectivity index (χ0v) is 10.8. The van der Waals surface area contributed by atoms with Gasteiger partial charge in [0.1, 0.15) is 0 Å². The molecule has 2 rings (SSSR count). The van der Waals surface area contributed by atoms with E-state index in [0.717, 1.165) is 10.7 Å². The first-order chi connectivity index (χ1) is 8.75. The third-order valence-corrected chi connectivity index (χ3v) is 3.68. The molecule has 2 unspecified atom stereocenters. The molecular weight excluding hydrogens is 246 g/mol. The van der Waals surface area contributed by atoms with Gasteiger partial charge in [-0.2, -0.15) is 0 Å². The van der Waals surface area contributed by atoms with Gasteiger partial charge in [0.2, 0.25) is 0 Å². The maximum absolute atomic E-state index is 9.99. The molecule has 0 fully saturated rings. The van der Waals surface area contributed by atoms with Gasteiger partial charge in [0.25, 0.3) is 0 Å². The van der Waals surface area contributed by atoms with E-state index in [1.807, 2.05) is 30.3 Å². The van der Waals surface area contributed by atoms with E-state index in [9.17, 15) is 5.11 Å². The van der Waals surface area contributed by atoms with Crippen molar-refractivity contribution in [3.63, 3.8) is 0 Å². The number of H-pyrrole nitrogens is 1. The van der Waals surface area contributed by atoms with Crippen LogP contribution in [0.15, 0.2) is 47.9 Å². The number of nitrogens with two attached hydrogens (primary N) is 1. The van der Waals surface area contributed by atoms with Crippen molar-refractivity contribution in [1.82, 2.24) is 9.97 Å². The second-order valence-electron chi connectivity index (χ2n) is 4.13. The van der Waals surface area contributed by atoms with E-state index in [2.05, 4.69) is 9.97 Å². The van der Waals surface area contributed by atoms with E-state index >= 15 is 0 Å². The predicted octanol–water partition coefficient (Wildman–Crippen LogP) is 1.43. The van der Waals surface area contributed by atoms with Gasteiger partial charge in [0.05, 0.1) is 6.10 Å². The van der Waals surface area contributed by atoms with Gasteiger partial charge in [-0.25, -0.2) is 4.98 Å². The van der Waals surface area contributed by atoms with E-state index < -0.39 is 6.10 Å². The third kappa shape index (κ3) is 3.87. The van der Waals surface area contributed by atoms with Crippen LogP contribution in [0.4, 0.5) is 0 Å². The van der Waals surface area contributed by atoms with Crippen molar-refractivity contribution in [2.24, 2.45) is 5.73 Å². The Bertz CT molecular complexity index is 447. The summed E-state index contributed by atoms with van der Waals surface area (Å²) >= 11 is 1.48. The zero-order valence-electron chi connectivity index (χ0n) is 9.99. The van der Waals surface area contributed by atoms with Crippen LogP contribution in [0.2, 0.25) is 0 Å². The van der Waals surface area contributed by atoms with Gasteiger partial charge in [-0.1, -0.05) is 42.1 Å². The number of imidazole rings is 1. The van der Waals surface area contributed by atoms with Crippen molar-refractivity contribution in [3.05, 3.63) is 48.3 Å². The minimum absolute atomic E-state index is 0.255. The van der Waals surface area contributed by atoms with Crippen LogP contribution in [0.1, 0.15) is 5.56 Å². The second-order valence-corrected chi connectivity index (χ2v) is 5.13. The fraction of sp³-hybridized carbons (Fsp3) is 0.308. The molecule has 4 nitrogen and oxygen atoms in total. The first-order valence-electron chi connectivity index (χ1n) is 5.85. The maximum atomic E-state index is 9.99. The lowest BCUT2D eigenvalue weighted by Crippen LogP contribution is -2.38. The molecule has 0 amide bonds. The maximum Gasteiger partial charge on any atom is 0.165 e. The number of aromatic nitrogens is 2. The Hall–Kier alpha value is -1.30. The van der Waals surface area contributed by atoms with Gasteiger partial charge < -0.3 is 15.8 Å². The smallest absolute Gasteiger partial charge is 0.165 e. The second kappa shape index (κ2) is 6.58. The lowest BCUT2D eigenvalue weighted by atomic mass is 10.0. The van der Waals surface area contributed by atoms with Gasteiger partial charge in [-0.05, 0) is 12.0 Å². The van der Waals surface area contributed by atoms with Crippen molar-refractivity contribution >= 4 is 11.8 Å². The minimum Gasteiger partial charge on any atom is -0.391 e. The molecule has 0 radical (unpaired) electrons. The lowest BCUT2D eigenvalue weighted by Gasteiger charge is -2.18. The quantitative estimate of drug-likeness (QED) is 0.689. The number of nitrogens with one attached hydrogen (secondary N) is 1. The number of aromatic amines is 1. The first-order valence-corrected chi connectivity index (χ1v) is 6.84. The van der Waals surface area contributed by atoms with Crippen LogP contribution in [0.5, 0.6) is 0 Å². The number of hydrogen-bond donors (Lipinski definition) is 3. The van der Waals surface area contributed by atoms with Gasteiger partial charge in [0, 0.05) is 24.2 Å². The van der Waals surface area contributed by atoms with E-state index in [1.165, 1.54) is 11.8 Å². The normalized spacial score (nSPS) is 14.3. The zero-order chi connectivity index (χ0) is 12.8. The van der Waals surface area contributed by atoms with E-state index in [-0.39, 0.29) is 6.04 Å². The predicted molar refractivity (Wildman–Crippen MR) is 73.4 cm³/mol. The Kier molecular flexibility index (Phi) is 4.81. The van der Waals surface area contributed by atoms with E-state index in [0.29, 0.717) is 12.2 Å². The number of rotatable bonds is 6. The summed E-state index contributed by atoms with van der Waals surface area (Å²) in [6, 6.07) is 9.71. The molecule has 0 aliphatic carbocycles. The topological polar surface area (TPSA) is 74.9 Å². The number of thioether (sulfide) groups is 1. The number of aliphatic hydroxyl groups excluding tert-OH is 1. The minimum atomic E-state index is -0.541. The Morgan fingerprint density at radius 3 is 2.78 bits per heavy atom. The van der Waals surface area contributed by atoms with Gasteiger partial charge >= 0.3 is 0 Å². The Labute approximate surface area is 111 Å². The van der Waals surface area contributed by atoms with Crippen LogP contribution in [0.3, 0.4) is 0 Å². The Morgan fingerprint density at radius 2 is 2.11 bits per heavy atom. The molecule has 5 heteroatoms. The average molecular weight is 263 g/mol. The molecule has 0 bridgehead atoms. The van der Waals surface area contributed by atoms with Gasteiger partial charge in [-0.3, -0.25) is 0 Å². The van der Waals surface area contributed by atoms with Crippen LogP contribution < -0.4 is 5.73 Å². The third-order valence-electron chi connectivity index (χ3n) is 2.67. The molecule has 2 atom stereocenters. The Morgan fingerprint density at radius 1 is 1.33 bits per heavy atom. The number of benzene rings is 1. The summed E-state index contributed by atoms with van der Waals surface area (Å²) in [5.41, 5.74) is 7.14. The van der Waals surface area contributed by atoms with Crippen molar-refractivity contribution < 1.29 is 5.11 Å². The fourth-order valence-electron chi connectivity index (χ4n) is 1.64. The molecule has 1 heterocycles. The van der Waals surface area contributed by atoms with Crippen LogP contribution in [-0.4, -0.2) is 33.0 Å². The van der Waals surface area contributed by atoms with Crippen molar-refractivity contribution in [3.8, 4) is 0 Å². The summed E-state index contributed by atoms with van der Waals surface area (Å²) in [5, 5.41) is 10.8. The Balaban J connectivity index is 1.80. The van der Waals surface area contributed by atoms with E-state index in [4.69, 9.17) is 5.73 Å². The highest BCUT2D eigenvalue weighted by molar-refractivity contribution is 7.99. The molecule has 1 aromatic carbocycles. The summed E-state index contributed by atoms with van der Waals surface area (Å²) in [6.07, 6.45) is 3.60. The average Bonchev–Trinajstić information content (AvgIpc) is 2.90. The van der Waals surface area contributed by atoms with Crippen molar-refractivity contribution in [1.29, 1.82) is 0 Å². The highest BCUT2D eigenvalue weighted by Gasteiger charge is 2.16. The molecule has 0 saturated carbocycles. The summed E-state index contributed by atoms with van der Waals surface area (Å²) in [4.78, 5) is 7.07. The van der Waals surface area contributed by atoms with Crippen LogP contribution in [-0.2, 0) is 6.42 Å². The largest absolute Gasteiger partial charge is 0.391 e. The van der Waals surface area contributed by atoms with Crippen LogP contribution >= 0.6 is 11.8 Å². The molecule has 0 spiro atoms. The molecule has 1 aromatic heterocycles. The van der Waals surface area contributed by atoms with Crippen LogP contribution in [0.25, 0.3) is 0 Å². The molecule has 4 N–H and O–H groups in total. The lowest BCUT2D eigenvalue weighted by molar-refractivity contribution is 0.167. The molecule has 18 heavy (non-hydrogen) atoms. The van der Waals surface area contributed by atoms with Crippen molar-refractivity contribution in [2.75, 3.05) is 5.75 Å². The van der Waals surface area contributed by atoms with Gasteiger partial charge in [-0.15, -0.1) is 0 Å². The molecule has 0 saturated heterocycles. The highest BCUT2D eigenvalue weighted by atomic mass is 32.2. The standard InChI is InChI=1S/C13H17N3OS/c14-11(8-10-4-2-1-3-5-10)12(17)9-18-13-15-6-7-16-13/h1-7,11-12,17H,8-9,14H2,(H,15,16).